The summed E-state index contributed by atoms with van der Waals surface area (Å²) in [6, 6.07) is 9.89. The van der Waals surface area contributed by atoms with E-state index in [4.69, 9.17) is 5.84 Å². The van der Waals surface area contributed by atoms with Gasteiger partial charge in [-0.1, -0.05) is 49.0 Å². The molecule has 0 bridgehead atoms. The molecule has 0 aliphatic rings. The van der Waals surface area contributed by atoms with Gasteiger partial charge in [-0.3, -0.25) is 0 Å². The quantitative estimate of drug-likeness (QED) is 0.680. The number of hydrogen-bond donors (Lipinski definition) is 1. The number of rotatable bonds is 5. The summed E-state index contributed by atoms with van der Waals surface area (Å²) >= 11 is 1.19. The molecular formula is C13H15F3N4S. The molecule has 2 N–H and O–H groups in total. The van der Waals surface area contributed by atoms with Gasteiger partial charge >= 0.3 is 6.18 Å². The Bertz CT molecular complexity index is 583. The Morgan fingerprint density at radius 1 is 1.24 bits per heavy atom. The molecule has 0 amide bonds. The summed E-state index contributed by atoms with van der Waals surface area (Å²) in [7, 11) is 0. The molecule has 21 heavy (non-hydrogen) atoms. The van der Waals surface area contributed by atoms with Gasteiger partial charge in [0, 0.05) is 5.25 Å². The topological polar surface area (TPSA) is 56.7 Å². The summed E-state index contributed by atoms with van der Waals surface area (Å²) in [4.78, 5) is 0. The van der Waals surface area contributed by atoms with Gasteiger partial charge in [-0.2, -0.15) is 13.2 Å². The summed E-state index contributed by atoms with van der Waals surface area (Å²) in [6.45, 7) is 1.93. The molecule has 0 aliphatic carbocycles. The second-order valence-electron chi connectivity index (χ2n) is 4.63. The number of aryl methyl sites for hydroxylation is 1. The van der Waals surface area contributed by atoms with Gasteiger partial charge < -0.3 is 5.84 Å². The molecule has 4 nitrogen and oxygen atoms in total. The van der Waals surface area contributed by atoms with Gasteiger partial charge in [-0.25, -0.2) is 4.68 Å². The van der Waals surface area contributed by atoms with Crippen molar-refractivity contribution in [3.63, 3.8) is 0 Å². The third-order valence-electron chi connectivity index (χ3n) is 2.91. The average Bonchev–Trinajstić information content (AvgIpc) is 2.79. The minimum absolute atomic E-state index is 0.0721. The van der Waals surface area contributed by atoms with Crippen molar-refractivity contribution < 1.29 is 13.2 Å². The van der Waals surface area contributed by atoms with E-state index in [1.165, 1.54) is 17.3 Å². The maximum atomic E-state index is 12.6. The van der Waals surface area contributed by atoms with Crippen molar-refractivity contribution in [3.05, 3.63) is 41.7 Å². The molecule has 1 heterocycles. The van der Waals surface area contributed by atoms with Crippen LogP contribution in [0.1, 0.15) is 24.7 Å². The Balaban J connectivity index is 1.94. The number of nitrogens with two attached hydrogens (primary N) is 1. The largest absolute Gasteiger partial charge is 0.453 e. The summed E-state index contributed by atoms with van der Waals surface area (Å²) in [5.41, 5.74) is 1.19. The predicted molar refractivity (Wildman–Crippen MR) is 75.3 cm³/mol. The van der Waals surface area contributed by atoms with E-state index in [1.54, 1.807) is 0 Å². The van der Waals surface area contributed by atoms with Gasteiger partial charge in [0.05, 0.1) is 0 Å². The van der Waals surface area contributed by atoms with Gasteiger partial charge in [-0.15, -0.1) is 10.2 Å². The molecule has 0 saturated carbocycles. The molecular weight excluding hydrogens is 301 g/mol. The molecule has 2 rings (SSSR count). The van der Waals surface area contributed by atoms with E-state index in [0.29, 0.717) is 4.68 Å². The lowest BCUT2D eigenvalue weighted by molar-refractivity contribution is -0.146. The van der Waals surface area contributed by atoms with Crippen LogP contribution in [0.3, 0.4) is 0 Å². The number of hydrogen-bond acceptors (Lipinski definition) is 4. The fraction of sp³-hybridized carbons (Fsp3) is 0.385. The maximum Gasteiger partial charge on any atom is 0.453 e. The fourth-order valence-electron chi connectivity index (χ4n) is 1.80. The molecule has 0 aliphatic heterocycles. The number of halogens is 3. The van der Waals surface area contributed by atoms with Crippen LogP contribution >= 0.6 is 11.8 Å². The van der Waals surface area contributed by atoms with Crippen LogP contribution in [0.2, 0.25) is 0 Å². The van der Waals surface area contributed by atoms with Crippen LogP contribution in [-0.4, -0.2) is 20.1 Å². The third kappa shape index (κ3) is 4.13. The second kappa shape index (κ2) is 6.38. The second-order valence-corrected chi connectivity index (χ2v) is 6.03. The Labute approximate surface area is 124 Å². The van der Waals surface area contributed by atoms with Gasteiger partial charge in [0.15, 0.2) is 0 Å². The highest BCUT2D eigenvalue weighted by molar-refractivity contribution is 7.99. The van der Waals surface area contributed by atoms with E-state index in [0.717, 1.165) is 12.8 Å². The number of aromatic nitrogens is 3. The first kappa shape index (κ1) is 15.7. The van der Waals surface area contributed by atoms with Crippen LogP contribution in [0.25, 0.3) is 0 Å². The normalized spacial score (nSPS) is 13.3. The zero-order valence-electron chi connectivity index (χ0n) is 11.3. The average molecular weight is 316 g/mol. The van der Waals surface area contributed by atoms with Crippen molar-refractivity contribution in [1.29, 1.82) is 0 Å². The van der Waals surface area contributed by atoms with Crippen molar-refractivity contribution in [2.45, 2.75) is 36.3 Å². The molecule has 0 spiro atoms. The number of alkyl halides is 3. The molecule has 2 aromatic rings. The first-order chi connectivity index (χ1) is 9.88. The fourth-order valence-corrected chi connectivity index (χ4v) is 2.69. The molecule has 0 fully saturated rings. The highest BCUT2D eigenvalue weighted by Gasteiger charge is 2.38. The Morgan fingerprint density at radius 3 is 2.48 bits per heavy atom. The van der Waals surface area contributed by atoms with Gasteiger partial charge in [-0.05, 0) is 18.4 Å². The van der Waals surface area contributed by atoms with E-state index < -0.39 is 12.0 Å². The highest BCUT2D eigenvalue weighted by Crippen LogP contribution is 2.30. The van der Waals surface area contributed by atoms with Crippen molar-refractivity contribution in [2.24, 2.45) is 0 Å². The number of nitrogens with zero attached hydrogens (tertiary/aromatic N) is 3. The Morgan fingerprint density at radius 2 is 1.90 bits per heavy atom. The lowest BCUT2D eigenvalue weighted by Gasteiger charge is -2.11. The van der Waals surface area contributed by atoms with Crippen LogP contribution in [0, 0.1) is 0 Å². The van der Waals surface area contributed by atoms with E-state index in [2.05, 4.69) is 10.2 Å². The van der Waals surface area contributed by atoms with Crippen molar-refractivity contribution in [3.8, 4) is 0 Å². The van der Waals surface area contributed by atoms with E-state index >= 15 is 0 Å². The van der Waals surface area contributed by atoms with Crippen LogP contribution in [0.4, 0.5) is 13.2 Å². The number of nitrogen functional groups attached to an aromatic ring is 1. The molecule has 1 atom stereocenters. The number of thioether (sulfide) groups is 1. The lowest BCUT2D eigenvalue weighted by atomic mass is 10.1. The maximum absolute atomic E-state index is 12.6. The van der Waals surface area contributed by atoms with Crippen LogP contribution in [0.5, 0.6) is 0 Å². The van der Waals surface area contributed by atoms with Crippen LogP contribution in [0.15, 0.2) is 35.5 Å². The van der Waals surface area contributed by atoms with E-state index in [-0.39, 0.29) is 10.4 Å². The first-order valence-corrected chi connectivity index (χ1v) is 7.24. The Kier molecular flexibility index (Phi) is 4.76. The van der Waals surface area contributed by atoms with E-state index in [9.17, 15) is 13.2 Å². The molecule has 0 saturated heterocycles. The zero-order chi connectivity index (χ0) is 15.5. The third-order valence-corrected chi connectivity index (χ3v) is 4.03. The molecule has 8 heteroatoms. The summed E-state index contributed by atoms with van der Waals surface area (Å²) < 4.78 is 38.2. The highest BCUT2D eigenvalue weighted by atomic mass is 32.2. The predicted octanol–water partition coefficient (Wildman–Crippen LogP) is 3.12. The lowest BCUT2D eigenvalue weighted by Crippen LogP contribution is -2.21. The molecule has 1 aromatic carbocycles. The van der Waals surface area contributed by atoms with Gasteiger partial charge in [0.2, 0.25) is 5.16 Å². The molecule has 114 valence electrons. The SMILES string of the molecule is CC(CCc1ccccc1)Sc1nnc(C(F)(F)F)n1N. The molecule has 1 aromatic heterocycles. The minimum Gasteiger partial charge on any atom is -0.335 e. The minimum atomic E-state index is -4.59. The standard InChI is InChI=1S/C13H15F3N4S/c1-9(7-8-10-5-3-2-4-6-10)21-12-19-18-11(20(12)17)13(14,15)16/h2-6,9H,7-8,17H2,1H3. The first-order valence-electron chi connectivity index (χ1n) is 6.36. The van der Waals surface area contributed by atoms with Crippen LogP contribution < -0.4 is 5.84 Å². The summed E-state index contributed by atoms with van der Waals surface area (Å²) in [5.74, 6) is 4.22. The summed E-state index contributed by atoms with van der Waals surface area (Å²) in [6.07, 6.45) is -2.93. The van der Waals surface area contributed by atoms with Crippen molar-refractivity contribution >= 4 is 11.8 Å². The summed E-state index contributed by atoms with van der Waals surface area (Å²) in [5, 5.41) is 6.76. The molecule has 1 unspecified atom stereocenters. The van der Waals surface area contributed by atoms with Crippen LogP contribution in [-0.2, 0) is 12.6 Å². The van der Waals surface area contributed by atoms with E-state index in [1.807, 2.05) is 37.3 Å². The van der Waals surface area contributed by atoms with Gasteiger partial charge in [0.25, 0.3) is 5.82 Å². The van der Waals surface area contributed by atoms with Crippen molar-refractivity contribution in [2.75, 3.05) is 5.84 Å². The number of benzene rings is 1. The smallest absolute Gasteiger partial charge is 0.335 e. The Hall–Kier alpha value is -1.70. The van der Waals surface area contributed by atoms with Gasteiger partial charge in [0.1, 0.15) is 0 Å². The molecule has 0 radical (unpaired) electrons. The zero-order valence-corrected chi connectivity index (χ0v) is 12.2. The monoisotopic (exact) mass is 316 g/mol. The van der Waals surface area contributed by atoms with Crippen molar-refractivity contribution in [1.82, 2.24) is 14.9 Å².